The molecular weight excluding hydrogens is 458 g/mol. The van der Waals surface area contributed by atoms with Crippen molar-refractivity contribution in [3.63, 3.8) is 0 Å². The fourth-order valence-corrected chi connectivity index (χ4v) is 5.19. The van der Waals surface area contributed by atoms with Crippen LogP contribution in [0.25, 0.3) is 0 Å². The monoisotopic (exact) mass is 491 g/mol. The van der Waals surface area contributed by atoms with Crippen LogP contribution in [0.4, 0.5) is 17.1 Å². The summed E-state index contributed by atoms with van der Waals surface area (Å²) in [5.74, 6) is 0. The number of benzene rings is 2. The Morgan fingerprint density at radius 1 is 1.17 bits per heavy atom. The van der Waals surface area contributed by atoms with Crippen LogP contribution in [0.2, 0.25) is 0 Å². The van der Waals surface area contributed by atoms with Gasteiger partial charge in [0.2, 0.25) is 6.41 Å². The molecule has 2 aliphatic heterocycles. The quantitative estimate of drug-likeness (QED) is 0.224. The molecule has 184 valence electrons. The zero-order valence-corrected chi connectivity index (χ0v) is 20.8. The Balaban J connectivity index is 0.000000201. The third-order valence-corrected chi connectivity index (χ3v) is 7.35. The Bertz CT molecular complexity index is 1120. The number of nitrogens with one attached hydrogen (secondary N) is 2. The van der Waals surface area contributed by atoms with E-state index in [0.717, 1.165) is 11.3 Å². The summed E-state index contributed by atoms with van der Waals surface area (Å²) in [4.78, 5) is 15.2. The summed E-state index contributed by atoms with van der Waals surface area (Å²) >= 11 is 1.80. The Morgan fingerprint density at radius 3 is 2.49 bits per heavy atom. The fourth-order valence-electron chi connectivity index (χ4n) is 4.44. The van der Waals surface area contributed by atoms with E-state index in [1.165, 1.54) is 31.5 Å². The van der Waals surface area contributed by atoms with Gasteiger partial charge >= 0.3 is 0 Å². The number of β-amino-alcohol motifs (C(OH)–C–C–N with tert-alkyl or cyclic N) is 1. The highest BCUT2D eigenvalue weighted by molar-refractivity contribution is 7.07. The molecule has 8 heteroatoms. The van der Waals surface area contributed by atoms with Gasteiger partial charge in [-0.15, -0.1) is 0 Å². The maximum absolute atomic E-state index is 10.6. The molecule has 1 unspecified atom stereocenters. The van der Waals surface area contributed by atoms with Crippen LogP contribution >= 0.6 is 11.3 Å². The van der Waals surface area contributed by atoms with Crippen LogP contribution in [0, 0.1) is 5.41 Å². The van der Waals surface area contributed by atoms with E-state index in [-0.39, 0.29) is 6.10 Å². The Morgan fingerprint density at radius 2 is 1.89 bits per heavy atom. The van der Waals surface area contributed by atoms with Crippen molar-refractivity contribution >= 4 is 40.5 Å². The molecule has 35 heavy (non-hydrogen) atoms. The van der Waals surface area contributed by atoms with Gasteiger partial charge in [-0.05, 0) is 85.6 Å². The molecule has 2 fully saturated rings. The van der Waals surface area contributed by atoms with Crippen molar-refractivity contribution in [1.82, 2.24) is 4.90 Å². The summed E-state index contributed by atoms with van der Waals surface area (Å²) in [7, 11) is 0. The van der Waals surface area contributed by atoms with Crippen LogP contribution < -0.4 is 16.0 Å². The van der Waals surface area contributed by atoms with Crippen molar-refractivity contribution in [1.29, 1.82) is 5.41 Å². The molecule has 3 aromatic rings. The number of thiophene rings is 1. The summed E-state index contributed by atoms with van der Waals surface area (Å²) in [6, 6.07) is 15.5. The molecule has 1 atom stereocenters. The molecule has 0 bridgehead atoms. The van der Waals surface area contributed by atoms with Gasteiger partial charge in [-0.2, -0.15) is 11.3 Å². The number of carbonyl (C=O) groups excluding carboxylic acids is 1. The van der Waals surface area contributed by atoms with E-state index in [9.17, 15) is 9.90 Å². The zero-order chi connectivity index (χ0) is 24.8. The number of rotatable bonds is 7. The van der Waals surface area contributed by atoms with E-state index in [0.29, 0.717) is 48.2 Å². The van der Waals surface area contributed by atoms with Crippen molar-refractivity contribution in [3.05, 3.63) is 76.0 Å². The first-order valence-electron chi connectivity index (χ1n) is 11.9. The first kappa shape index (κ1) is 24.9. The molecular formula is C27H33N5O2S. The van der Waals surface area contributed by atoms with Gasteiger partial charge in [0.15, 0.2) is 0 Å². The van der Waals surface area contributed by atoms with Crippen LogP contribution in [-0.2, 0) is 4.79 Å². The molecule has 0 radical (unpaired) electrons. The molecule has 1 amide bonds. The average molecular weight is 492 g/mol. The molecule has 3 heterocycles. The number of amides is 1. The lowest BCUT2D eigenvalue weighted by molar-refractivity contribution is -0.105. The third-order valence-electron chi connectivity index (χ3n) is 6.65. The highest BCUT2D eigenvalue weighted by atomic mass is 32.1. The highest BCUT2D eigenvalue weighted by Gasteiger charge is 2.24. The van der Waals surface area contributed by atoms with E-state index in [4.69, 9.17) is 11.1 Å². The van der Waals surface area contributed by atoms with Crippen molar-refractivity contribution in [2.75, 3.05) is 42.1 Å². The number of aliphatic hydroxyl groups excluding tert-OH is 1. The lowest BCUT2D eigenvalue weighted by Crippen LogP contribution is -2.50. The zero-order valence-electron chi connectivity index (χ0n) is 20.0. The van der Waals surface area contributed by atoms with Crippen molar-refractivity contribution < 1.29 is 9.90 Å². The Hall–Kier alpha value is -3.20. The lowest BCUT2D eigenvalue weighted by Gasteiger charge is -2.37. The summed E-state index contributed by atoms with van der Waals surface area (Å²) in [5.41, 5.74) is 11.2. The molecule has 5 N–H and O–H groups in total. The van der Waals surface area contributed by atoms with Crippen molar-refractivity contribution in [2.45, 2.75) is 31.9 Å². The number of nitrogens with zero attached hydrogens (tertiary/aromatic N) is 2. The molecule has 7 nitrogen and oxygen atoms in total. The van der Waals surface area contributed by atoms with Crippen LogP contribution in [0.1, 0.15) is 42.5 Å². The molecule has 0 aliphatic carbocycles. The second-order valence-electron chi connectivity index (χ2n) is 9.02. The first-order chi connectivity index (χ1) is 17.0. The number of nitrogen functional groups attached to an aromatic ring is 1. The van der Waals surface area contributed by atoms with Crippen molar-refractivity contribution in [3.8, 4) is 0 Å². The minimum atomic E-state index is -0.249. The number of hydrogen-bond acceptors (Lipinski definition) is 7. The number of aliphatic hydroxyl groups is 1. The summed E-state index contributed by atoms with van der Waals surface area (Å²) in [6.45, 7) is 6.17. The number of likely N-dealkylation sites (tertiary alicyclic amines) is 1. The van der Waals surface area contributed by atoms with E-state index >= 15 is 0 Å². The summed E-state index contributed by atoms with van der Waals surface area (Å²) in [6.07, 6.45) is 3.11. The van der Waals surface area contributed by atoms with Gasteiger partial charge in [-0.1, -0.05) is 12.1 Å². The highest BCUT2D eigenvalue weighted by Crippen LogP contribution is 2.26. The minimum absolute atomic E-state index is 0.249. The van der Waals surface area contributed by atoms with Gasteiger partial charge in [0.05, 0.1) is 11.8 Å². The predicted molar refractivity (Wildman–Crippen MR) is 145 cm³/mol. The van der Waals surface area contributed by atoms with Crippen LogP contribution in [0.5, 0.6) is 0 Å². The lowest BCUT2D eigenvalue weighted by atomic mass is 9.99. The van der Waals surface area contributed by atoms with Gasteiger partial charge in [-0.25, -0.2) is 0 Å². The molecule has 2 aliphatic rings. The SMILES string of the molecule is CC(c1ccsc1)N1CCCC1.N=C(c1ccc(N2CC(O)C2)cc1)c1cc(NC=O)ccc1N. The number of hydrogen-bond donors (Lipinski definition) is 4. The van der Waals surface area contributed by atoms with Gasteiger partial charge in [0.1, 0.15) is 0 Å². The fraction of sp³-hybridized carbons (Fsp3) is 0.333. The molecule has 2 aromatic carbocycles. The summed E-state index contributed by atoms with van der Waals surface area (Å²) in [5, 5.41) is 24.7. The number of carbonyl (C=O) groups is 1. The van der Waals surface area contributed by atoms with E-state index in [1.54, 1.807) is 29.5 Å². The molecule has 1 aromatic heterocycles. The second-order valence-corrected chi connectivity index (χ2v) is 9.80. The molecule has 5 rings (SSSR count). The maximum Gasteiger partial charge on any atom is 0.211 e. The number of anilines is 3. The Labute approximate surface area is 210 Å². The van der Waals surface area contributed by atoms with Crippen LogP contribution in [0.3, 0.4) is 0 Å². The van der Waals surface area contributed by atoms with E-state index < -0.39 is 0 Å². The minimum Gasteiger partial charge on any atom is -0.398 e. The normalized spacial score (nSPS) is 16.7. The molecule has 2 saturated heterocycles. The standard InChI is InChI=1S/C17H18N4O2.C10H15NS/c18-16-6-3-12(20-10-22)7-15(16)17(19)11-1-4-13(5-2-11)21-8-14(23)9-21;1-9(10-4-7-12-8-10)11-5-2-3-6-11/h1-7,10,14,19,23H,8-9,18H2,(H,20,22);4,7-9H,2-3,5-6H2,1H3. The largest absolute Gasteiger partial charge is 0.398 e. The predicted octanol–water partition coefficient (Wildman–Crippen LogP) is 4.34. The number of nitrogens with two attached hydrogens (primary N) is 1. The smallest absolute Gasteiger partial charge is 0.211 e. The Kier molecular flexibility index (Phi) is 8.17. The first-order valence-corrected chi connectivity index (χ1v) is 12.9. The average Bonchev–Trinajstić information content (AvgIpc) is 3.58. The van der Waals surface area contributed by atoms with E-state index in [1.807, 2.05) is 24.3 Å². The van der Waals surface area contributed by atoms with Gasteiger partial charge in [0, 0.05) is 47.3 Å². The van der Waals surface area contributed by atoms with Gasteiger partial charge in [0.25, 0.3) is 0 Å². The topological polar surface area (TPSA) is 106 Å². The molecule has 0 saturated carbocycles. The molecule has 0 spiro atoms. The maximum atomic E-state index is 10.6. The third kappa shape index (κ3) is 6.08. The van der Waals surface area contributed by atoms with E-state index in [2.05, 4.69) is 38.9 Å². The van der Waals surface area contributed by atoms with Gasteiger partial charge < -0.3 is 21.1 Å². The summed E-state index contributed by atoms with van der Waals surface area (Å²) < 4.78 is 0. The second kappa shape index (κ2) is 11.5. The van der Waals surface area contributed by atoms with Crippen LogP contribution in [-0.4, -0.2) is 54.4 Å². The van der Waals surface area contributed by atoms with Crippen molar-refractivity contribution in [2.24, 2.45) is 0 Å². The van der Waals surface area contributed by atoms with Gasteiger partial charge in [-0.3, -0.25) is 15.1 Å². The van der Waals surface area contributed by atoms with Crippen LogP contribution in [0.15, 0.2) is 59.3 Å².